The molecule has 2 aromatic heterocycles. The van der Waals surface area contributed by atoms with E-state index >= 15 is 0 Å². The molecule has 0 aliphatic carbocycles. The number of rotatable bonds is 7. The van der Waals surface area contributed by atoms with E-state index < -0.39 is 0 Å². The molecule has 36 heavy (non-hydrogen) atoms. The maximum atomic E-state index is 11.4. The van der Waals surface area contributed by atoms with E-state index in [1.165, 1.54) is 6.92 Å². The molecular weight excluding hydrogens is 472 g/mol. The van der Waals surface area contributed by atoms with Gasteiger partial charge >= 0.3 is 0 Å². The molecule has 0 spiro atoms. The summed E-state index contributed by atoms with van der Waals surface area (Å²) in [6, 6.07) is 24.7. The lowest BCUT2D eigenvalue weighted by molar-refractivity contribution is -0.114. The molecule has 1 aliphatic rings. The zero-order chi connectivity index (χ0) is 25.1. The lowest BCUT2D eigenvalue weighted by Crippen LogP contribution is -2.29. The van der Waals surface area contributed by atoms with E-state index in [1.54, 1.807) is 6.20 Å². The summed E-state index contributed by atoms with van der Waals surface area (Å²) in [6.45, 7) is 4.07. The lowest BCUT2D eigenvalue weighted by atomic mass is 10.0. The van der Waals surface area contributed by atoms with Crippen LogP contribution in [0.5, 0.6) is 5.75 Å². The number of carbonyl (C=O) groups excluding carboxylic acids is 1. The SMILES string of the molecule is CCOc1ccc(-c2ccc(C3C(c4ccccn4)NC(=S)N3c3ccc(NC(C)=O)cc3)o2)cc1. The Labute approximate surface area is 215 Å². The number of pyridine rings is 1. The van der Waals surface area contributed by atoms with Gasteiger partial charge in [-0.1, -0.05) is 6.07 Å². The predicted molar refractivity (Wildman–Crippen MR) is 144 cm³/mol. The minimum atomic E-state index is -0.268. The molecule has 4 aromatic rings. The molecule has 1 fully saturated rings. The number of furan rings is 1. The van der Waals surface area contributed by atoms with E-state index in [1.807, 2.05) is 90.7 Å². The molecule has 2 atom stereocenters. The van der Waals surface area contributed by atoms with Crippen molar-refractivity contribution in [2.24, 2.45) is 0 Å². The van der Waals surface area contributed by atoms with Crippen LogP contribution in [-0.4, -0.2) is 22.6 Å². The number of aromatic nitrogens is 1. The normalized spacial score (nSPS) is 17.1. The quantitative estimate of drug-likeness (QED) is 0.308. The minimum Gasteiger partial charge on any atom is -0.494 e. The molecule has 1 saturated heterocycles. The molecule has 7 nitrogen and oxygen atoms in total. The summed E-state index contributed by atoms with van der Waals surface area (Å²) < 4.78 is 12.0. The van der Waals surface area contributed by atoms with E-state index in [-0.39, 0.29) is 18.0 Å². The number of hydrogen-bond acceptors (Lipinski definition) is 5. The summed E-state index contributed by atoms with van der Waals surface area (Å²) in [4.78, 5) is 18.1. The first-order chi connectivity index (χ1) is 17.5. The Hall–Kier alpha value is -4.17. The number of hydrogen-bond donors (Lipinski definition) is 2. The topological polar surface area (TPSA) is 79.6 Å². The van der Waals surface area contributed by atoms with Crippen LogP contribution >= 0.6 is 12.2 Å². The van der Waals surface area contributed by atoms with Crippen molar-refractivity contribution < 1.29 is 13.9 Å². The third-order valence-electron chi connectivity index (χ3n) is 5.93. The first-order valence-corrected chi connectivity index (χ1v) is 12.2. The van der Waals surface area contributed by atoms with Crippen LogP contribution in [-0.2, 0) is 4.79 Å². The van der Waals surface area contributed by atoms with Crippen LogP contribution in [0.2, 0.25) is 0 Å². The third-order valence-corrected chi connectivity index (χ3v) is 6.25. The van der Waals surface area contributed by atoms with E-state index in [2.05, 4.69) is 15.6 Å². The summed E-state index contributed by atoms with van der Waals surface area (Å²) in [5.74, 6) is 2.22. The highest BCUT2D eigenvalue weighted by Crippen LogP contribution is 2.43. The summed E-state index contributed by atoms with van der Waals surface area (Å²) in [5.41, 5.74) is 3.42. The Kier molecular flexibility index (Phi) is 6.69. The maximum absolute atomic E-state index is 11.4. The smallest absolute Gasteiger partial charge is 0.221 e. The monoisotopic (exact) mass is 498 g/mol. The van der Waals surface area contributed by atoms with Crippen molar-refractivity contribution in [3.8, 4) is 17.1 Å². The highest BCUT2D eigenvalue weighted by atomic mass is 32.1. The van der Waals surface area contributed by atoms with Crippen molar-refractivity contribution in [2.75, 3.05) is 16.8 Å². The van der Waals surface area contributed by atoms with Crippen LogP contribution in [0.4, 0.5) is 11.4 Å². The Morgan fingerprint density at radius 3 is 2.53 bits per heavy atom. The zero-order valence-electron chi connectivity index (χ0n) is 20.0. The maximum Gasteiger partial charge on any atom is 0.221 e. The second-order valence-electron chi connectivity index (χ2n) is 8.38. The van der Waals surface area contributed by atoms with Gasteiger partial charge in [-0.3, -0.25) is 9.78 Å². The molecule has 0 saturated carbocycles. The van der Waals surface area contributed by atoms with Gasteiger partial charge in [0.1, 0.15) is 23.3 Å². The molecule has 1 aliphatic heterocycles. The average Bonchev–Trinajstić information content (AvgIpc) is 3.50. The van der Waals surface area contributed by atoms with E-state index in [4.69, 9.17) is 21.4 Å². The first kappa shape index (κ1) is 23.6. The molecule has 2 N–H and O–H groups in total. The van der Waals surface area contributed by atoms with Gasteiger partial charge in [0.15, 0.2) is 5.11 Å². The van der Waals surface area contributed by atoms with Gasteiger partial charge in [0, 0.05) is 30.1 Å². The number of benzene rings is 2. The Morgan fingerprint density at radius 2 is 1.86 bits per heavy atom. The van der Waals surface area contributed by atoms with Crippen molar-refractivity contribution in [3.63, 3.8) is 0 Å². The third kappa shape index (κ3) is 4.81. The van der Waals surface area contributed by atoms with Crippen molar-refractivity contribution in [3.05, 3.63) is 96.5 Å². The van der Waals surface area contributed by atoms with Crippen LogP contribution in [0.25, 0.3) is 11.3 Å². The van der Waals surface area contributed by atoms with Gasteiger partial charge in [0.2, 0.25) is 5.91 Å². The van der Waals surface area contributed by atoms with E-state index in [0.29, 0.717) is 11.7 Å². The van der Waals surface area contributed by atoms with Gasteiger partial charge in [-0.05, 0) is 91.9 Å². The van der Waals surface area contributed by atoms with Crippen molar-refractivity contribution in [1.29, 1.82) is 0 Å². The fourth-order valence-electron chi connectivity index (χ4n) is 4.38. The molecule has 2 aromatic carbocycles. The molecule has 182 valence electrons. The second kappa shape index (κ2) is 10.2. The summed E-state index contributed by atoms with van der Waals surface area (Å²) >= 11 is 5.78. The fourth-order valence-corrected chi connectivity index (χ4v) is 4.73. The summed E-state index contributed by atoms with van der Waals surface area (Å²) in [6.07, 6.45) is 1.77. The number of ether oxygens (including phenoxy) is 1. The predicted octanol–water partition coefficient (Wildman–Crippen LogP) is 5.88. The first-order valence-electron chi connectivity index (χ1n) is 11.7. The van der Waals surface area contributed by atoms with Crippen LogP contribution < -0.4 is 20.3 Å². The molecule has 0 bridgehead atoms. The number of thiocarbonyl (C=S) groups is 1. The zero-order valence-corrected chi connectivity index (χ0v) is 20.8. The van der Waals surface area contributed by atoms with Gasteiger partial charge in [-0.15, -0.1) is 0 Å². The Bertz CT molecular complexity index is 1350. The van der Waals surface area contributed by atoms with Crippen molar-refractivity contribution >= 4 is 34.6 Å². The number of nitrogens with one attached hydrogen (secondary N) is 2. The van der Waals surface area contributed by atoms with Crippen molar-refractivity contribution in [2.45, 2.75) is 25.9 Å². The molecule has 0 radical (unpaired) electrons. The van der Waals surface area contributed by atoms with E-state index in [9.17, 15) is 4.79 Å². The number of nitrogens with zero attached hydrogens (tertiary/aromatic N) is 2. The van der Waals surface area contributed by atoms with Gasteiger partial charge in [0.25, 0.3) is 0 Å². The fraction of sp³-hybridized carbons (Fsp3) is 0.179. The van der Waals surface area contributed by atoms with Crippen LogP contribution in [0.1, 0.15) is 37.4 Å². The highest BCUT2D eigenvalue weighted by molar-refractivity contribution is 7.80. The molecule has 2 unspecified atom stereocenters. The van der Waals surface area contributed by atoms with Crippen LogP contribution in [0, 0.1) is 0 Å². The largest absolute Gasteiger partial charge is 0.494 e. The Balaban J connectivity index is 1.51. The van der Waals surface area contributed by atoms with E-state index in [0.717, 1.165) is 39.9 Å². The van der Waals surface area contributed by atoms with Gasteiger partial charge in [-0.25, -0.2) is 0 Å². The highest BCUT2D eigenvalue weighted by Gasteiger charge is 2.42. The summed E-state index contributed by atoms with van der Waals surface area (Å²) in [5, 5.41) is 6.81. The average molecular weight is 499 g/mol. The summed E-state index contributed by atoms with van der Waals surface area (Å²) in [7, 11) is 0. The molecule has 5 rings (SSSR count). The van der Waals surface area contributed by atoms with Crippen molar-refractivity contribution in [1.82, 2.24) is 10.3 Å². The number of carbonyl (C=O) groups is 1. The van der Waals surface area contributed by atoms with Crippen LogP contribution in [0.15, 0.2) is 89.5 Å². The molecular formula is C28H26N4O3S. The Morgan fingerprint density at radius 1 is 1.08 bits per heavy atom. The number of anilines is 2. The number of amides is 1. The minimum absolute atomic E-state index is 0.119. The second-order valence-corrected chi connectivity index (χ2v) is 8.77. The van der Waals surface area contributed by atoms with Gasteiger partial charge in [0.05, 0.1) is 18.3 Å². The molecule has 3 heterocycles. The standard InChI is InChI=1S/C28H26N4O3S/c1-3-34-22-13-7-19(8-14-22)24-15-16-25(35-24)27-26(23-6-4-5-17-29-23)31-28(36)32(27)21-11-9-20(10-12-21)30-18(2)33/h4-17,26-27H,3H2,1-2H3,(H,30,33)(H,31,36). The van der Waals surface area contributed by atoms with Gasteiger partial charge < -0.3 is 24.7 Å². The van der Waals surface area contributed by atoms with Crippen LogP contribution in [0.3, 0.4) is 0 Å². The van der Waals surface area contributed by atoms with Gasteiger partial charge in [-0.2, -0.15) is 0 Å². The molecule has 8 heteroatoms. The molecule has 1 amide bonds. The lowest BCUT2D eigenvalue weighted by Gasteiger charge is -2.26.